The molecule has 4 nitrogen and oxygen atoms in total. The molecule has 1 N–H and O–H groups in total. The number of nitrogens with zero attached hydrogens (tertiary/aromatic N) is 2. The van der Waals surface area contributed by atoms with E-state index in [1.807, 2.05) is 48.2 Å². The molecule has 0 spiro atoms. The number of nitrogens with one attached hydrogen (secondary N) is 1. The Labute approximate surface area is 139 Å². The zero-order chi connectivity index (χ0) is 16.2. The summed E-state index contributed by atoms with van der Waals surface area (Å²) >= 11 is 0. The minimum Gasteiger partial charge on any atom is -0.378 e. The second-order valence-electron chi connectivity index (χ2n) is 7.16. The highest BCUT2D eigenvalue weighted by molar-refractivity contribution is 5.95. The number of anilines is 1. The van der Waals surface area contributed by atoms with Crippen LogP contribution in [0.5, 0.6) is 0 Å². The molecule has 2 fully saturated rings. The highest BCUT2D eigenvalue weighted by atomic mass is 16.2. The third-order valence-electron chi connectivity index (χ3n) is 5.49. The third-order valence-corrected chi connectivity index (χ3v) is 5.49. The van der Waals surface area contributed by atoms with E-state index in [-0.39, 0.29) is 5.91 Å². The smallest absolute Gasteiger partial charge is 0.253 e. The largest absolute Gasteiger partial charge is 0.378 e. The van der Waals surface area contributed by atoms with Crippen LogP contribution in [0.3, 0.4) is 0 Å². The van der Waals surface area contributed by atoms with Gasteiger partial charge in [-0.05, 0) is 68.8 Å². The van der Waals surface area contributed by atoms with E-state index in [4.69, 9.17) is 0 Å². The first-order chi connectivity index (χ1) is 11.1. The van der Waals surface area contributed by atoms with Crippen molar-refractivity contribution in [3.05, 3.63) is 29.8 Å². The number of benzene rings is 1. The molecule has 4 heteroatoms. The number of amides is 1. The minimum absolute atomic E-state index is 0.192. The zero-order valence-electron chi connectivity index (χ0n) is 14.4. The van der Waals surface area contributed by atoms with Crippen molar-refractivity contribution in [3.8, 4) is 0 Å². The van der Waals surface area contributed by atoms with Crippen molar-refractivity contribution in [3.63, 3.8) is 0 Å². The Kier molecular flexibility index (Phi) is 5.21. The number of carbonyl (C=O) groups excluding carboxylic acids is 1. The Bertz CT molecular complexity index is 529. The number of carbonyl (C=O) groups is 1. The first-order valence-corrected chi connectivity index (χ1v) is 8.92. The quantitative estimate of drug-likeness (QED) is 0.931. The van der Waals surface area contributed by atoms with Gasteiger partial charge in [-0.25, -0.2) is 0 Å². The summed E-state index contributed by atoms with van der Waals surface area (Å²) in [4.78, 5) is 16.8. The molecule has 1 aromatic rings. The summed E-state index contributed by atoms with van der Waals surface area (Å²) in [6.07, 6.45) is 4.96. The SMILES string of the molecule is CN(C)c1cccc(C(=O)N2CCC(C3CCNCC3)CC2)c1. The predicted molar refractivity (Wildman–Crippen MR) is 95.0 cm³/mol. The normalized spacial score (nSPS) is 20.5. The Morgan fingerprint density at radius 3 is 2.39 bits per heavy atom. The fraction of sp³-hybridized carbons (Fsp3) is 0.632. The topological polar surface area (TPSA) is 35.6 Å². The van der Waals surface area contributed by atoms with Crippen molar-refractivity contribution in [2.24, 2.45) is 11.8 Å². The molecule has 2 saturated heterocycles. The third kappa shape index (κ3) is 3.86. The maximum atomic E-state index is 12.8. The summed E-state index contributed by atoms with van der Waals surface area (Å²) in [7, 11) is 4.02. The van der Waals surface area contributed by atoms with E-state index in [2.05, 4.69) is 5.32 Å². The molecular formula is C19H29N3O. The van der Waals surface area contributed by atoms with E-state index >= 15 is 0 Å². The van der Waals surface area contributed by atoms with Crippen LogP contribution in [-0.4, -0.2) is 51.1 Å². The van der Waals surface area contributed by atoms with Gasteiger partial charge in [0.05, 0.1) is 0 Å². The van der Waals surface area contributed by atoms with E-state index in [9.17, 15) is 4.79 Å². The van der Waals surface area contributed by atoms with Gasteiger partial charge in [0.2, 0.25) is 0 Å². The summed E-state index contributed by atoms with van der Waals surface area (Å²) in [6.45, 7) is 4.17. The zero-order valence-corrected chi connectivity index (χ0v) is 14.4. The van der Waals surface area contributed by atoms with Gasteiger partial charge in [0.25, 0.3) is 5.91 Å². The number of hydrogen-bond donors (Lipinski definition) is 1. The van der Waals surface area contributed by atoms with Crippen LogP contribution >= 0.6 is 0 Å². The highest BCUT2D eigenvalue weighted by Crippen LogP contribution is 2.31. The first-order valence-electron chi connectivity index (χ1n) is 8.92. The Balaban J connectivity index is 1.58. The predicted octanol–water partition coefficient (Wildman–Crippen LogP) is 2.60. The van der Waals surface area contributed by atoms with E-state index in [0.29, 0.717) is 0 Å². The molecular weight excluding hydrogens is 286 g/mol. The lowest BCUT2D eigenvalue weighted by atomic mass is 9.79. The number of piperidine rings is 2. The molecule has 0 aromatic heterocycles. The number of hydrogen-bond acceptors (Lipinski definition) is 3. The lowest BCUT2D eigenvalue weighted by molar-refractivity contribution is 0.0642. The molecule has 0 unspecified atom stereocenters. The molecule has 0 atom stereocenters. The molecule has 0 radical (unpaired) electrons. The maximum Gasteiger partial charge on any atom is 0.253 e. The molecule has 3 rings (SSSR count). The molecule has 2 aliphatic heterocycles. The summed E-state index contributed by atoms with van der Waals surface area (Å²) < 4.78 is 0. The van der Waals surface area contributed by atoms with E-state index in [1.165, 1.54) is 38.8 Å². The molecule has 0 saturated carbocycles. The van der Waals surface area contributed by atoms with Crippen LogP contribution in [-0.2, 0) is 0 Å². The van der Waals surface area contributed by atoms with Gasteiger partial charge in [-0.1, -0.05) is 6.07 Å². The molecule has 2 aliphatic rings. The van der Waals surface area contributed by atoms with Crippen molar-refractivity contribution >= 4 is 11.6 Å². The van der Waals surface area contributed by atoms with Crippen LogP contribution in [0.2, 0.25) is 0 Å². The molecule has 1 aromatic carbocycles. The average molecular weight is 315 g/mol. The highest BCUT2D eigenvalue weighted by Gasteiger charge is 2.29. The van der Waals surface area contributed by atoms with E-state index in [0.717, 1.165) is 36.2 Å². The van der Waals surface area contributed by atoms with Gasteiger partial charge >= 0.3 is 0 Å². The lowest BCUT2D eigenvalue weighted by Crippen LogP contribution is -2.42. The van der Waals surface area contributed by atoms with Gasteiger partial charge in [0.15, 0.2) is 0 Å². The van der Waals surface area contributed by atoms with Gasteiger partial charge in [-0.3, -0.25) is 4.79 Å². The second kappa shape index (κ2) is 7.35. The van der Waals surface area contributed by atoms with Crippen molar-refractivity contribution in [2.45, 2.75) is 25.7 Å². The van der Waals surface area contributed by atoms with Gasteiger partial charge in [0.1, 0.15) is 0 Å². The molecule has 0 bridgehead atoms. The van der Waals surface area contributed by atoms with Crippen molar-refractivity contribution in [2.75, 3.05) is 45.2 Å². The van der Waals surface area contributed by atoms with Crippen LogP contribution in [0.15, 0.2) is 24.3 Å². The Hall–Kier alpha value is -1.55. The Morgan fingerprint density at radius 1 is 1.09 bits per heavy atom. The van der Waals surface area contributed by atoms with Crippen LogP contribution in [0, 0.1) is 11.8 Å². The van der Waals surface area contributed by atoms with Gasteiger partial charge in [-0.15, -0.1) is 0 Å². The molecule has 1 amide bonds. The molecule has 126 valence electrons. The summed E-state index contributed by atoms with van der Waals surface area (Å²) in [5.41, 5.74) is 1.90. The Morgan fingerprint density at radius 2 is 1.74 bits per heavy atom. The van der Waals surface area contributed by atoms with Crippen LogP contribution in [0.25, 0.3) is 0 Å². The van der Waals surface area contributed by atoms with E-state index in [1.54, 1.807) is 0 Å². The molecule has 0 aliphatic carbocycles. The van der Waals surface area contributed by atoms with Crippen LogP contribution < -0.4 is 10.2 Å². The fourth-order valence-corrected chi connectivity index (χ4v) is 3.99. The van der Waals surface area contributed by atoms with Gasteiger partial charge in [-0.2, -0.15) is 0 Å². The second-order valence-corrected chi connectivity index (χ2v) is 7.16. The van der Waals surface area contributed by atoms with E-state index < -0.39 is 0 Å². The fourth-order valence-electron chi connectivity index (χ4n) is 3.99. The summed E-state index contributed by atoms with van der Waals surface area (Å²) in [5, 5.41) is 3.45. The lowest BCUT2D eigenvalue weighted by Gasteiger charge is -2.37. The summed E-state index contributed by atoms with van der Waals surface area (Å²) in [5.74, 6) is 1.87. The average Bonchev–Trinajstić information content (AvgIpc) is 2.62. The first kappa shape index (κ1) is 16.3. The standard InChI is InChI=1S/C19H29N3O/c1-21(2)18-5-3-4-17(14-18)19(23)22-12-8-16(9-13-22)15-6-10-20-11-7-15/h3-5,14-16,20H,6-13H2,1-2H3. The molecule has 23 heavy (non-hydrogen) atoms. The summed E-state index contributed by atoms with van der Waals surface area (Å²) in [6, 6.07) is 7.96. The van der Waals surface area contributed by atoms with Crippen molar-refractivity contribution in [1.82, 2.24) is 10.2 Å². The molecule has 2 heterocycles. The number of rotatable bonds is 3. The van der Waals surface area contributed by atoms with Gasteiger partial charge < -0.3 is 15.1 Å². The van der Waals surface area contributed by atoms with Crippen molar-refractivity contribution in [1.29, 1.82) is 0 Å². The van der Waals surface area contributed by atoms with Crippen LogP contribution in [0.1, 0.15) is 36.0 Å². The number of likely N-dealkylation sites (tertiary alicyclic amines) is 1. The maximum absolute atomic E-state index is 12.8. The monoisotopic (exact) mass is 315 g/mol. The minimum atomic E-state index is 0.192. The van der Waals surface area contributed by atoms with Gasteiger partial charge in [0, 0.05) is 38.4 Å². The van der Waals surface area contributed by atoms with Crippen molar-refractivity contribution < 1.29 is 4.79 Å². The van der Waals surface area contributed by atoms with Crippen LogP contribution in [0.4, 0.5) is 5.69 Å².